The molecule has 2 rings (SSSR count). The van der Waals surface area contributed by atoms with Crippen LogP contribution >= 0.6 is 0 Å². The average molecular weight is 236 g/mol. The lowest BCUT2D eigenvalue weighted by atomic mass is 9.64. The minimum absolute atomic E-state index is 0.0979. The van der Waals surface area contributed by atoms with E-state index in [0.717, 1.165) is 12.1 Å². The molecule has 2 unspecified atom stereocenters. The molecule has 94 valence electrons. The molecule has 0 aromatic carbocycles. The summed E-state index contributed by atoms with van der Waals surface area (Å²) in [5.74, 6) is 0.632. The number of anilines is 1. The molecule has 0 saturated heterocycles. The van der Waals surface area contributed by atoms with Crippen molar-refractivity contribution in [2.75, 3.05) is 11.9 Å². The summed E-state index contributed by atoms with van der Waals surface area (Å²) >= 11 is 0. The Balaban J connectivity index is 2.09. The predicted octanol–water partition coefficient (Wildman–Crippen LogP) is 2.05. The summed E-state index contributed by atoms with van der Waals surface area (Å²) in [7, 11) is 0. The van der Waals surface area contributed by atoms with Gasteiger partial charge in [0.15, 0.2) is 0 Å². The molecule has 2 atom stereocenters. The molecule has 4 heteroatoms. The van der Waals surface area contributed by atoms with Crippen molar-refractivity contribution in [2.45, 2.75) is 39.3 Å². The molecular formula is C13H20N2O2. The number of nitrogens with one attached hydrogen (secondary N) is 1. The standard InChI is InChI=1S/C13H20N2O2/c1-4-17-12-9(6-5-7-14-12)15-10-8-11(16)13(10,2)3/h5-7,10-11,15-16H,4,8H2,1-3H3. The lowest BCUT2D eigenvalue weighted by molar-refractivity contribution is -0.0511. The third-order valence-corrected chi connectivity index (χ3v) is 3.60. The number of rotatable bonds is 4. The highest BCUT2D eigenvalue weighted by atomic mass is 16.5. The van der Waals surface area contributed by atoms with Crippen LogP contribution in [0.5, 0.6) is 5.88 Å². The summed E-state index contributed by atoms with van der Waals surface area (Å²) in [5, 5.41) is 13.1. The Morgan fingerprint density at radius 1 is 1.59 bits per heavy atom. The van der Waals surface area contributed by atoms with Crippen LogP contribution in [-0.4, -0.2) is 28.8 Å². The number of pyridine rings is 1. The molecule has 1 aromatic heterocycles. The van der Waals surface area contributed by atoms with Crippen LogP contribution in [0.1, 0.15) is 27.2 Å². The van der Waals surface area contributed by atoms with Gasteiger partial charge in [-0.2, -0.15) is 0 Å². The summed E-state index contributed by atoms with van der Waals surface area (Å²) in [4.78, 5) is 4.20. The van der Waals surface area contributed by atoms with Gasteiger partial charge in [0.2, 0.25) is 5.88 Å². The van der Waals surface area contributed by atoms with Crippen molar-refractivity contribution < 1.29 is 9.84 Å². The SMILES string of the molecule is CCOc1ncccc1NC1CC(O)C1(C)C. The Hall–Kier alpha value is -1.29. The summed E-state index contributed by atoms with van der Waals surface area (Å²) in [6.45, 7) is 6.67. The molecule has 1 saturated carbocycles. The van der Waals surface area contributed by atoms with Gasteiger partial charge in [0.25, 0.3) is 0 Å². The number of hydrogen-bond acceptors (Lipinski definition) is 4. The number of nitrogens with zero attached hydrogens (tertiary/aromatic N) is 1. The Kier molecular flexibility index (Phi) is 3.24. The quantitative estimate of drug-likeness (QED) is 0.840. The zero-order valence-corrected chi connectivity index (χ0v) is 10.6. The first kappa shape index (κ1) is 12.2. The summed E-state index contributed by atoms with van der Waals surface area (Å²) in [5.41, 5.74) is 0.804. The van der Waals surface area contributed by atoms with Gasteiger partial charge in [0.05, 0.1) is 18.4 Å². The van der Waals surface area contributed by atoms with Crippen molar-refractivity contribution in [3.8, 4) is 5.88 Å². The second-order valence-electron chi connectivity index (χ2n) is 5.06. The van der Waals surface area contributed by atoms with Gasteiger partial charge in [-0.3, -0.25) is 0 Å². The van der Waals surface area contributed by atoms with E-state index >= 15 is 0 Å². The minimum atomic E-state index is -0.229. The molecule has 4 nitrogen and oxygen atoms in total. The predicted molar refractivity (Wildman–Crippen MR) is 67.2 cm³/mol. The number of hydrogen-bond donors (Lipinski definition) is 2. The molecule has 1 aromatic rings. The van der Waals surface area contributed by atoms with Gasteiger partial charge in [-0.15, -0.1) is 0 Å². The van der Waals surface area contributed by atoms with E-state index in [1.807, 2.05) is 19.1 Å². The Bertz CT molecular complexity index is 393. The lowest BCUT2D eigenvalue weighted by Gasteiger charge is -2.49. The van der Waals surface area contributed by atoms with Gasteiger partial charge in [-0.05, 0) is 25.5 Å². The van der Waals surface area contributed by atoms with Crippen molar-refractivity contribution in [1.29, 1.82) is 0 Å². The molecule has 0 amide bonds. The largest absolute Gasteiger partial charge is 0.476 e. The van der Waals surface area contributed by atoms with Crippen LogP contribution in [0.25, 0.3) is 0 Å². The highest BCUT2D eigenvalue weighted by Crippen LogP contribution is 2.42. The van der Waals surface area contributed by atoms with Crippen molar-refractivity contribution >= 4 is 5.69 Å². The molecule has 1 aliphatic rings. The minimum Gasteiger partial charge on any atom is -0.476 e. The van der Waals surface area contributed by atoms with Crippen molar-refractivity contribution in [3.05, 3.63) is 18.3 Å². The Morgan fingerprint density at radius 3 is 2.94 bits per heavy atom. The van der Waals surface area contributed by atoms with E-state index in [4.69, 9.17) is 4.74 Å². The van der Waals surface area contributed by atoms with Crippen LogP contribution in [0.4, 0.5) is 5.69 Å². The van der Waals surface area contributed by atoms with Gasteiger partial charge in [0.1, 0.15) is 0 Å². The summed E-state index contributed by atoms with van der Waals surface area (Å²) < 4.78 is 5.47. The Morgan fingerprint density at radius 2 is 2.35 bits per heavy atom. The number of aliphatic hydroxyl groups excluding tert-OH is 1. The van der Waals surface area contributed by atoms with E-state index in [9.17, 15) is 5.11 Å². The molecule has 1 aliphatic carbocycles. The van der Waals surface area contributed by atoms with Crippen LogP contribution < -0.4 is 10.1 Å². The first-order valence-electron chi connectivity index (χ1n) is 6.08. The fourth-order valence-electron chi connectivity index (χ4n) is 2.09. The van der Waals surface area contributed by atoms with Crippen molar-refractivity contribution in [1.82, 2.24) is 4.98 Å². The van der Waals surface area contributed by atoms with Crippen molar-refractivity contribution in [3.63, 3.8) is 0 Å². The highest BCUT2D eigenvalue weighted by molar-refractivity contribution is 5.53. The molecule has 1 fully saturated rings. The first-order chi connectivity index (χ1) is 8.05. The van der Waals surface area contributed by atoms with Crippen molar-refractivity contribution in [2.24, 2.45) is 5.41 Å². The van der Waals surface area contributed by atoms with Gasteiger partial charge >= 0.3 is 0 Å². The maximum atomic E-state index is 9.71. The van der Waals surface area contributed by atoms with Gasteiger partial charge in [0, 0.05) is 17.7 Å². The third kappa shape index (κ3) is 2.22. The first-order valence-corrected chi connectivity index (χ1v) is 6.08. The maximum absolute atomic E-state index is 9.71. The molecule has 0 radical (unpaired) electrons. The maximum Gasteiger partial charge on any atom is 0.237 e. The Labute approximate surface area is 102 Å². The van der Waals surface area contributed by atoms with Crippen LogP contribution in [0, 0.1) is 5.41 Å². The molecule has 0 aliphatic heterocycles. The molecular weight excluding hydrogens is 216 g/mol. The van der Waals surface area contributed by atoms with Gasteiger partial charge in [-0.1, -0.05) is 13.8 Å². The highest BCUT2D eigenvalue weighted by Gasteiger charge is 2.47. The molecule has 0 bridgehead atoms. The molecule has 2 N–H and O–H groups in total. The summed E-state index contributed by atoms with van der Waals surface area (Å²) in [6, 6.07) is 4.10. The van der Waals surface area contributed by atoms with E-state index in [1.54, 1.807) is 6.20 Å². The van der Waals surface area contributed by atoms with Gasteiger partial charge in [-0.25, -0.2) is 4.98 Å². The smallest absolute Gasteiger partial charge is 0.237 e. The van der Waals surface area contributed by atoms with Gasteiger partial charge < -0.3 is 15.2 Å². The van der Waals surface area contributed by atoms with Crippen LogP contribution in [0.2, 0.25) is 0 Å². The fraction of sp³-hybridized carbons (Fsp3) is 0.615. The van der Waals surface area contributed by atoms with E-state index in [1.165, 1.54) is 0 Å². The second-order valence-corrected chi connectivity index (χ2v) is 5.06. The van der Waals surface area contributed by atoms with Crippen LogP contribution in [0.15, 0.2) is 18.3 Å². The monoisotopic (exact) mass is 236 g/mol. The topological polar surface area (TPSA) is 54.4 Å². The van der Waals surface area contributed by atoms with E-state index in [0.29, 0.717) is 12.5 Å². The fourth-order valence-corrected chi connectivity index (χ4v) is 2.09. The number of aliphatic hydroxyl groups is 1. The zero-order chi connectivity index (χ0) is 12.5. The van der Waals surface area contributed by atoms with E-state index in [2.05, 4.69) is 24.1 Å². The number of aromatic nitrogens is 1. The number of ether oxygens (including phenoxy) is 1. The second kappa shape index (κ2) is 4.53. The molecule has 17 heavy (non-hydrogen) atoms. The molecule has 0 spiro atoms. The lowest BCUT2D eigenvalue weighted by Crippen LogP contribution is -2.56. The van der Waals surface area contributed by atoms with E-state index < -0.39 is 0 Å². The van der Waals surface area contributed by atoms with Crippen LogP contribution in [0.3, 0.4) is 0 Å². The normalized spacial score (nSPS) is 26.1. The summed E-state index contributed by atoms with van der Waals surface area (Å²) in [6.07, 6.45) is 2.26. The zero-order valence-electron chi connectivity index (χ0n) is 10.6. The van der Waals surface area contributed by atoms with E-state index in [-0.39, 0.29) is 17.6 Å². The average Bonchev–Trinajstić information content (AvgIpc) is 2.31. The van der Waals surface area contributed by atoms with Crippen LogP contribution in [-0.2, 0) is 0 Å². The molecule has 1 heterocycles. The third-order valence-electron chi connectivity index (χ3n) is 3.60.